The highest BCUT2D eigenvalue weighted by molar-refractivity contribution is 14.1. The molecule has 0 N–H and O–H groups in total. The summed E-state index contributed by atoms with van der Waals surface area (Å²) in [6, 6.07) is 3.85. The van der Waals surface area contributed by atoms with E-state index < -0.39 is 17.1 Å². The van der Waals surface area contributed by atoms with Gasteiger partial charge in [0.05, 0.1) is 21.2 Å². The van der Waals surface area contributed by atoms with Crippen molar-refractivity contribution in [2.24, 2.45) is 0 Å². The summed E-state index contributed by atoms with van der Waals surface area (Å²) >= 11 is 5.16. The van der Waals surface area contributed by atoms with Crippen molar-refractivity contribution >= 4 is 80.1 Å². The van der Waals surface area contributed by atoms with Gasteiger partial charge in [0, 0.05) is 9.13 Å². The zero-order valence-electron chi connectivity index (χ0n) is 14.4. The predicted molar refractivity (Wildman–Crippen MR) is 117 cm³/mol. The van der Waals surface area contributed by atoms with Gasteiger partial charge in [-0.1, -0.05) is 0 Å². The fourth-order valence-electron chi connectivity index (χ4n) is 2.19. The Bertz CT molecular complexity index is 779. The molecule has 140 valence electrons. The number of nitrogens with zero attached hydrogens (tertiary/aromatic N) is 1. The van der Waals surface area contributed by atoms with Crippen molar-refractivity contribution in [2.45, 2.75) is 26.9 Å². The number of amides is 2. The molecule has 0 unspecified atom stereocenters. The third-order valence-electron chi connectivity index (χ3n) is 3.14. The summed E-state index contributed by atoms with van der Waals surface area (Å²) in [5, 5.41) is -0.486. The van der Waals surface area contributed by atoms with E-state index in [-0.39, 0.29) is 17.6 Å². The van der Waals surface area contributed by atoms with Crippen LogP contribution in [0.25, 0.3) is 6.08 Å². The molecule has 0 spiro atoms. The summed E-state index contributed by atoms with van der Waals surface area (Å²) in [6.07, 6.45) is 1.33. The molecule has 1 aliphatic heterocycles. The van der Waals surface area contributed by atoms with Gasteiger partial charge in [0.1, 0.15) is 12.3 Å². The van der Waals surface area contributed by atoms with Crippen LogP contribution in [0.15, 0.2) is 17.0 Å². The minimum absolute atomic E-state index is 0.256. The molecule has 6 nitrogen and oxygen atoms in total. The van der Waals surface area contributed by atoms with E-state index in [1.54, 1.807) is 19.9 Å². The van der Waals surface area contributed by atoms with E-state index in [0.717, 1.165) is 29.4 Å². The number of esters is 1. The van der Waals surface area contributed by atoms with Crippen LogP contribution in [0.1, 0.15) is 26.3 Å². The van der Waals surface area contributed by atoms with Crippen LogP contribution in [0.2, 0.25) is 0 Å². The van der Waals surface area contributed by atoms with Crippen LogP contribution in [0.5, 0.6) is 5.75 Å². The summed E-state index contributed by atoms with van der Waals surface area (Å²) in [4.78, 5) is 37.6. The summed E-state index contributed by atoms with van der Waals surface area (Å²) in [5.41, 5.74) is 0.721. The highest BCUT2D eigenvalue weighted by Crippen LogP contribution is 2.36. The summed E-state index contributed by atoms with van der Waals surface area (Å²) < 4.78 is 12.6. The molecule has 2 rings (SSSR count). The van der Waals surface area contributed by atoms with Crippen molar-refractivity contribution < 1.29 is 23.9 Å². The summed E-state index contributed by atoms with van der Waals surface area (Å²) in [5.74, 6) is -0.445. The normalized spacial score (nSPS) is 15.9. The van der Waals surface area contributed by atoms with Crippen molar-refractivity contribution in [1.29, 1.82) is 0 Å². The average Bonchev–Trinajstić information content (AvgIpc) is 2.77. The Morgan fingerprint density at radius 1 is 1.31 bits per heavy atom. The number of hydrogen-bond acceptors (Lipinski definition) is 6. The Kier molecular flexibility index (Phi) is 7.76. The molecule has 1 aliphatic rings. The van der Waals surface area contributed by atoms with Gasteiger partial charge in [0.25, 0.3) is 11.1 Å². The van der Waals surface area contributed by atoms with Gasteiger partial charge in [-0.25, -0.2) is 0 Å². The smallest absolute Gasteiger partial charge is 0.326 e. The molecule has 0 aromatic heterocycles. The maximum Gasteiger partial charge on any atom is 0.326 e. The molecule has 0 bridgehead atoms. The van der Waals surface area contributed by atoms with Crippen LogP contribution in [0.4, 0.5) is 4.79 Å². The molecule has 2 amide bonds. The van der Waals surface area contributed by atoms with Gasteiger partial charge in [-0.2, -0.15) is 0 Å². The molecule has 1 heterocycles. The van der Waals surface area contributed by atoms with E-state index >= 15 is 0 Å². The summed E-state index contributed by atoms with van der Waals surface area (Å²) in [7, 11) is 0. The van der Waals surface area contributed by atoms with Gasteiger partial charge in [-0.3, -0.25) is 19.3 Å². The molecule has 1 aromatic carbocycles. The Morgan fingerprint density at radius 2 is 2.00 bits per heavy atom. The second-order valence-electron chi connectivity index (χ2n) is 5.55. The molecular weight excluding hydrogens is 584 g/mol. The number of rotatable bonds is 6. The number of hydrogen-bond donors (Lipinski definition) is 0. The largest absolute Gasteiger partial charge is 0.492 e. The minimum Gasteiger partial charge on any atom is -0.492 e. The zero-order valence-corrected chi connectivity index (χ0v) is 19.5. The van der Waals surface area contributed by atoms with Crippen molar-refractivity contribution in [3.63, 3.8) is 0 Å². The van der Waals surface area contributed by atoms with E-state index in [2.05, 4.69) is 45.2 Å². The number of carbonyl (C=O) groups excluding carboxylic acids is 3. The average molecular weight is 601 g/mol. The highest BCUT2D eigenvalue weighted by Gasteiger charge is 2.37. The quantitative estimate of drug-likeness (QED) is 0.276. The molecule has 0 atom stereocenters. The van der Waals surface area contributed by atoms with Crippen LogP contribution in [-0.2, 0) is 14.3 Å². The lowest BCUT2D eigenvalue weighted by Gasteiger charge is -2.13. The third-order valence-corrected chi connectivity index (χ3v) is 5.47. The second-order valence-corrected chi connectivity index (χ2v) is 8.95. The van der Waals surface area contributed by atoms with Crippen molar-refractivity contribution in [2.75, 3.05) is 13.2 Å². The minimum atomic E-state index is -0.609. The topological polar surface area (TPSA) is 72.9 Å². The Labute approximate surface area is 183 Å². The molecule has 9 heteroatoms. The first-order valence-electron chi connectivity index (χ1n) is 7.79. The fourth-order valence-corrected chi connectivity index (χ4v) is 5.07. The number of thioether (sulfide) groups is 1. The molecule has 1 saturated heterocycles. The second kappa shape index (κ2) is 9.40. The Balaban J connectivity index is 2.29. The lowest BCUT2D eigenvalue weighted by molar-refractivity contribution is -0.149. The van der Waals surface area contributed by atoms with Gasteiger partial charge in [-0.15, -0.1) is 0 Å². The first kappa shape index (κ1) is 21.5. The Hall–Kier alpha value is -0.820. The van der Waals surface area contributed by atoms with Gasteiger partial charge in [0.15, 0.2) is 0 Å². The monoisotopic (exact) mass is 601 g/mol. The van der Waals surface area contributed by atoms with Crippen molar-refractivity contribution in [3.05, 3.63) is 29.7 Å². The van der Waals surface area contributed by atoms with Gasteiger partial charge in [-0.05, 0) is 95.9 Å². The molecule has 1 aromatic rings. The number of benzene rings is 1. The lowest BCUT2D eigenvalue weighted by atomic mass is 10.2. The predicted octanol–water partition coefficient (Wildman–Crippen LogP) is 4.28. The van der Waals surface area contributed by atoms with Crippen molar-refractivity contribution in [1.82, 2.24) is 4.90 Å². The molecular formula is C17H17I2NO5S. The van der Waals surface area contributed by atoms with E-state index in [9.17, 15) is 14.4 Å². The fraction of sp³-hybridized carbons (Fsp3) is 0.353. The maximum absolute atomic E-state index is 12.5. The van der Waals surface area contributed by atoms with Crippen molar-refractivity contribution in [3.8, 4) is 5.75 Å². The van der Waals surface area contributed by atoms with Crippen LogP contribution in [0.3, 0.4) is 0 Å². The summed E-state index contributed by atoms with van der Waals surface area (Å²) in [6.45, 7) is 5.40. The number of carbonyl (C=O) groups is 3. The molecule has 26 heavy (non-hydrogen) atoms. The highest BCUT2D eigenvalue weighted by atomic mass is 127. The SMILES string of the molecule is CCOc1c(I)cc(I)cc1/C=C1\SC(=O)N(CC(=O)OC(C)C)C1=O. The number of ether oxygens (including phenoxy) is 2. The van der Waals surface area contributed by atoms with E-state index in [1.165, 1.54) is 0 Å². The Morgan fingerprint density at radius 3 is 2.62 bits per heavy atom. The lowest BCUT2D eigenvalue weighted by Crippen LogP contribution is -2.35. The first-order chi connectivity index (χ1) is 12.2. The zero-order chi connectivity index (χ0) is 19.4. The van der Waals surface area contributed by atoms with E-state index in [4.69, 9.17) is 9.47 Å². The molecule has 0 saturated carbocycles. The van der Waals surface area contributed by atoms with Gasteiger partial charge in [0.2, 0.25) is 0 Å². The molecule has 0 aliphatic carbocycles. The first-order valence-corrected chi connectivity index (χ1v) is 10.8. The number of halogens is 2. The third kappa shape index (κ3) is 5.35. The van der Waals surface area contributed by atoms with Crippen LogP contribution in [-0.4, -0.2) is 41.3 Å². The molecule has 0 radical (unpaired) electrons. The van der Waals surface area contributed by atoms with Gasteiger partial charge >= 0.3 is 5.97 Å². The van der Waals surface area contributed by atoms with Crippen LogP contribution < -0.4 is 4.74 Å². The van der Waals surface area contributed by atoms with Crippen LogP contribution in [0, 0.1) is 7.14 Å². The van der Waals surface area contributed by atoms with E-state index in [1.807, 2.05) is 19.1 Å². The standard InChI is InChI=1S/C17H17I2NO5S/c1-4-24-15-10(5-11(18)7-12(15)19)6-13-16(22)20(17(23)26-13)8-14(21)25-9(2)3/h5-7,9H,4,8H2,1-3H3/b13-6-. The molecule has 1 fully saturated rings. The maximum atomic E-state index is 12.5. The number of imide groups is 1. The van der Waals surface area contributed by atoms with E-state index in [0.29, 0.717) is 12.4 Å². The van der Waals surface area contributed by atoms with Gasteiger partial charge < -0.3 is 9.47 Å². The van der Waals surface area contributed by atoms with Crippen LogP contribution >= 0.6 is 56.9 Å².